The van der Waals surface area contributed by atoms with E-state index >= 15 is 0 Å². The summed E-state index contributed by atoms with van der Waals surface area (Å²) in [4.78, 5) is 12.7. The van der Waals surface area contributed by atoms with Crippen LogP contribution in [0, 0.1) is 5.92 Å². The maximum Gasteiger partial charge on any atom is 0.251 e. The smallest absolute Gasteiger partial charge is 0.251 e. The number of carbonyl (C=O) groups is 1. The third kappa shape index (κ3) is 4.83. The molecule has 3 aromatic rings. The van der Waals surface area contributed by atoms with Crippen molar-refractivity contribution in [1.29, 1.82) is 0 Å². The maximum atomic E-state index is 12.7. The third-order valence-corrected chi connectivity index (χ3v) is 7.21. The first kappa shape index (κ1) is 21.8. The fraction of sp³-hybridized carbons (Fsp3) is 0.367. The van der Waals surface area contributed by atoms with Crippen LogP contribution in [0.4, 0.5) is 0 Å². The average Bonchev–Trinajstić information content (AvgIpc) is 3.24. The van der Waals surface area contributed by atoms with Crippen LogP contribution in [0.15, 0.2) is 72.3 Å². The molecule has 1 N–H and O–H groups in total. The first-order valence-corrected chi connectivity index (χ1v) is 12.5. The Morgan fingerprint density at radius 1 is 1.03 bits per heavy atom. The van der Waals surface area contributed by atoms with Crippen LogP contribution < -0.4 is 5.32 Å². The molecule has 170 valence electrons. The van der Waals surface area contributed by atoms with E-state index in [2.05, 4.69) is 71.4 Å². The molecule has 1 atom stereocenters. The standard InChI is InChI=1S/C30H34N2O/c1-22-12-17-28-26(20-22)21-29(24-10-6-3-7-11-24)32(28)27-15-13-25(14-16-27)30(33)31-19-18-23-8-4-2-5-9-23/h3,6-8,10-11,13-16,21-22H,2,4-5,9,12,17-20H2,1H3,(H,31,33)/t22-/m0/s1. The van der Waals surface area contributed by atoms with Gasteiger partial charge in [-0.15, -0.1) is 0 Å². The Balaban J connectivity index is 1.36. The molecule has 33 heavy (non-hydrogen) atoms. The van der Waals surface area contributed by atoms with Crippen molar-refractivity contribution in [1.82, 2.24) is 9.88 Å². The van der Waals surface area contributed by atoms with E-state index in [9.17, 15) is 4.79 Å². The van der Waals surface area contributed by atoms with Crippen molar-refractivity contribution in [3.8, 4) is 16.9 Å². The number of fused-ring (bicyclic) bond motifs is 1. The molecule has 2 aliphatic carbocycles. The van der Waals surface area contributed by atoms with E-state index < -0.39 is 0 Å². The molecule has 1 amide bonds. The maximum absolute atomic E-state index is 12.7. The topological polar surface area (TPSA) is 34.0 Å². The van der Waals surface area contributed by atoms with Crippen molar-refractivity contribution in [2.45, 2.75) is 58.3 Å². The number of hydrogen-bond acceptors (Lipinski definition) is 1. The van der Waals surface area contributed by atoms with Gasteiger partial charge in [0.05, 0.1) is 5.69 Å². The van der Waals surface area contributed by atoms with Crippen LogP contribution in [0.3, 0.4) is 0 Å². The number of nitrogens with zero attached hydrogens (tertiary/aromatic N) is 1. The minimum absolute atomic E-state index is 0.0182. The van der Waals surface area contributed by atoms with Gasteiger partial charge in [0.15, 0.2) is 0 Å². The van der Waals surface area contributed by atoms with Crippen LogP contribution in [0.25, 0.3) is 16.9 Å². The molecule has 3 heteroatoms. The van der Waals surface area contributed by atoms with Crippen molar-refractivity contribution >= 4 is 5.91 Å². The van der Waals surface area contributed by atoms with Gasteiger partial charge in [0.2, 0.25) is 0 Å². The second kappa shape index (κ2) is 9.82. The van der Waals surface area contributed by atoms with E-state index in [0.29, 0.717) is 6.54 Å². The molecule has 2 aromatic carbocycles. The number of hydrogen-bond donors (Lipinski definition) is 1. The van der Waals surface area contributed by atoms with Crippen molar-refractivity contribution in [2.75, 3.05) is 6.54 Å². The molecular weight excluding hydrogens is 404 g/mol. The Morgan fingerprint density at radius 3 is 2.61 bits per heavy atom. The van der Waals surface area contributed by atoms with Crippen LogP contribution >= 0.6 is 0 Å². The summed E-state index contributed by atoms with van der Waals surface area (Å²) >= 11 is 0. The van der Waals surface area contributed by atoms with Gasteiger partial charge < -0.3 is 9.88 Å². The fourth-order valence-corrected chi connectivity index (χ4v) is 5.36. The lowest BCUT2D eigenvalue weighted by Gasteiger charge is -2.21. The largest absolute Gasteiger partial charge is 0.352 e. The van der Waals surface area contributed by atoms with E-state index in [-0.39, 0.29) is 5.91 Å². The van der Waals surface area contributed by atoms with Gasteiger partial charge in [-0.25, -0.2) is 0 Å². The molecule has 0 bridgehead atoms. The van der Waals surface area contributed by atoms with Gasteiger partial charge in [-0.05, 0) is 98.7 Å². The highest BCUT2D eigenvalue weighted by Gasteiger charge is 2.23. The predicted molar refractivity (Wildman–Crippen MR) is 136 cm³/mol. The summed E-state index contributed by atoms with van der Waals surface area (Å²) in [6, 6.07) is 21.2. The van der Waals surface area contributed by atoms with Gasteiger partial charge >= 0.3 is 0 Å². The van der Waals surface area contributed by atoms with Gasteiger partial charge in [0.1, 0.15) is 0 Å². The summed E-state index contributed by atoms with van der Waals surface area (Å²) < 4.78 is 2.41. The SMILES string of the molecule is C[C@H]1CCc2c(cc(-c3ccccc3)n2-c2ccc(C(=O)NCCC3=CCCCC3)cc2)C1. The highest BCUT2D eigenvalue weighted by atomic mass is 16.1. The van der Waals surface area contributed by atoms with Crippen LogP contribution in [-0.4, -0.2) is 17.0 Å². The quantitative estimate of drug-likeness (QED) is 0.418. The molecule has 1 aromatic heterocycles. The van der Waals surface area contributed by atoms with Crippen molar-refractivity contribution < 1.29 is 4.79 Å². The van der Waals surface area contributed by atoms with E-state index in [1.165, 1.54) is 60.2 Å². The van der Waals surface area contributed by atoms with Crippen LogP contribution in [0.5, 0.6) is 0 Å². The Labute approximate surface area is 197 Å². The van der Waals surface area contributed by atoms with Gasteiger partial charge in [-0.1, -0.05) is 48.9 Å². The van der Waals surface area contributed by atoms with Crippen LogP contribution in [-0.2, 0) is 12.8 Å². The Bertz CT molecular complexity index is 1140. The Morgan fingerprint density at radius 2 is 1.85 bits per heavy atom. The molecule has 1 heterocycles. The minimum Gasteiger partial charge on any atom is -0.352 e. The van der Waals surface area contributed by atoms with E-state index in [4.69, 9.17) is 0 Å². The summed E-state index contributed by atoms with van der Waals surface area (Å²) in [5.41, 5.74) is 8.72. The number of aromatic nitrogens is 1. The van der Waals surface area contributed by atoms with Gasteiger partial charge in [0.25, 0.3) is 5.91 Å². The fourth-order valence-electron chi connectivity index (χ4n) is 5.36. The number of nitrogens with one attached hydrogen (secondary N) is 1. The lowest BCUT2D eigenvalue weighted by atomic mass is 9.89. The monoisotopic (exact) mass is 438 g/mol. The highest BCUT2D eigenvalue weighted by Crippen LogP contribution is 2.35. The average molecular weight is 439 g/mol. The molecule has 3 nitrogen and oxygen atoms in total. The molecule has 0 fully saturated rings. The molecule has 0 saturated heterocycles. The molecule has 0 saturated carbocycles. The van der Waals surface area contributed by atoms with Crippen molar-refractivity contribution in [3.63, 3.8) is 0 Å². The predicted octanol–water partition coefficient (Wildman–Crippen LogP) is 6.89. The molecular formula is C30H34N2O. The van der Waals surface area contributed by atoms with Crippen LogP contribution in [0.1, 0.15) is 67.1 Å². The normalized spacial score (nSPS) is 17.8. The second-order valence-corrected chi connectivity index (χ2v) is 9.71. The van der Waals surface area contributed by atoms with Crippen molar-refractivity contribution in [3.05, 3.63) is 89.1 Å². The van der Waals surface area contributed by atoms with Gasteiger partial charge in [0, 0.05) is 23.5 Å². The molecule has 5 rings (SSSR count). The van der Waals surface area contributed by atoms with Gasteiger partial charge in [-0.3, -0.25) is 4.79 Å². The second-order valence-electron chi connectivity index (χ2n) is 9.71. The zero-order chi connectivity index (χ0) is 22.6. The zero-order valence-corrected chi connectivity index (χ0v) is 19.6. The number of carbonyl (C=O) groups excluding carboxylic acids is 1. The number of benzene rings is 2. The highest BCUT2D eigenvalue weighted by molar-refractivity contribution is 5.94. The lowest BCUT2D eigenvalue weighted by Crippen LogP contribution is -2.24. The number of rotatable bonds is 6. The first-order valence-electron chi connectivity index (χ1n) is 12.5. The van der Waals surface area contributed by atoms with E-state index in [1.54, 1.807) is 0 Å². The summed E-state index contributed by atoms with van der Waals surface area (Å²) in [5, 5.41) is 3.11. The number of allylic oxidation sites excluding steroid dienone is 1. The Kier molecular flexibility index (Phi) is 6.48. The molecule has 2 aliphatic rings. The minimum atomic E-state index is 0.0182. The number of amides is 1. The van der Waals surface area contributed by atoms with E-state index in [1.807, 2.05) is 12.1 Å². The van der Waals surface area contributed by atoms with Gasteiger partial charge in [-0.2, -0.15) is 0 Å². The summed E-state index contributed by atoms with van der Waals surface area (Å²) in [7, 11) is 0. The Hall–Kier alpha value is -3.07. The molecule has 0 spiro atoms. The van der Waals surface area contributed by atoms with E-state index in [0.717, 1.165) is 36.4 Å². The zero-order valence-electron chi connectivity index (χ0n) is 19.6. The first-order chi connectivity index (χ1) is 16.2. The summed E-state index contributed by atoms with van der Waals surface area (Å²) in [5.74, 6) is 0.747. The molecule has 0 aliphatic heterocycles. The lowest BCUT2D eigenvalue weighted by molar-refractivity contribution is 0.0954. The van der Waals surface area contributed by atoms with Crippen molar-refractivity contribution in [2.24, 2.45) is 5.92 Å². The molecule has 0 unspecified atom stereocenters. The summed E-state index contributed by atoms with van der Waals surface area (Å²) in [6.07, 6.45) is 11.8. The third-order valence-electron chi connectivity index (χ3n) is 7.21. The molecule has 0 radical (unpaired) electrons. The van der Waals surface area contributed by atoms with Crippen LogP contribution in [0.2, 0.25) is 0 Å². The summed E-state index contributed by atoms with van der Waals surface area (Å²) in [6.45, 7) is 3.06.